The third kappa shape index (κ3) is 4.66. The van der Waals surface area contributed by atoms with Crippen molar-refractivity contribution in [3.05, 3.63) is 97.3 Å². The van der Waals surface area contributed by atoms with E-state index in [9.17, 15) is 14.0 Å². The SMILES string of the molecule is COc1cccc2c1CC[C@H]2Nc1nccc2cc(-c3c4c(nc(CCc5cc(F)cs5)c3-c3n[nH]c(=O)o3)[C@@H]3CCCN3C4=O)sc12. The number of ether oxygens (including phenoxy) is 1. The third-order valence-corrected chi connectivity index (χ3v) is 11.8. The zero-order chi connectivity index (χ0) is 32.5. The molecule has 2 N–H and O–H groups in total. The Kier molecular flexibility index (Phi) is 6.94. The highest BCUT2D eigenvalue weighted by molar-refractivity contribution is 7.23. The van der Waals surface area contributed by atoms with E-state index in [0.29, 0.717) is 41.8 Å². The second kappa shape index (κ2) is 11.4. The Hall–Kier alpha value is -4.88. The summed E-state index contributed by atoms with van der Waals surface area (Å²) in [5, 5.41) is 12.8. The minimum absolute atomic E-state index is 0.0697. The van der Waals surface area contributed by atoms with Crippen molar-refractivity contribution < 1.29 is 18.3 Å². The molecule has 1 aliphatic carbocycles. The molecule has 1 saturated heterocycles. The van der Waals surface area contributed by atoms with Gasteiger partial charge in [0.2, 0.25) is 0 Å². The van der Waals surface area contributed by atoms with Crippen LogP contribution >= 0.6 is 22.7 Å². The van der Waals surface area contributed by atoms with Gasteiger partial charge in [0.25, 0.3) is 11.8 Å². The molecule has 1 fully saturated rings. The van der Waals surface area contributed by atoms with Crippen molar-refractivity contribution in [3.8, 4) is 27.6 Å². The number of carbonyl (C=O) groups excluding carboxylic acids is 1. The summed E-state index contributed by atoms with van der Waals surface area (Å²) in [6, 6.07) is 11.7. The number of aryl methyl sites for hydroxylation is 2. The normalized spacial score (nSPS) is 18.0. The van der Waals surface area contributed by atoms with Crippen LogP contribution in [0.25, 0.3) is 32.0 Å². The Bertz CT molecular complexity index is 2310. The second-order valence-electron chi connectivity index (χ2n) is 12.3. The van der Waals surface area contributed by atoms with E-state index >= 15 is 0 Å². The summed E-state index contributed by atoms with van der Waals surface area (Å²) in [6.07, 6.45) is 6.32. The first-order chi connectivity index (χ1) is 23.5. The summed E-state index contributed by atoms with van der Waals surface area (Å²) in [5.74, 6) is 0.682. The minimum Gasteiger partial charge on any atom is -0.496 e. The summed E-state index contributed by atoms with van der Waals surface area (Å²) in [6.45, 7) is 0.661. The molecule has 13 heteroatoms. The first-order valence-electron chi connectivity index (χ1n) is 15.9. The molecule has 10 nitrogen and oxygen atoms in total. The first kappa shape index (κ1) is 29.3. The Morgan fingerprint density at radius 1 is 1.15 bits per heavy atom. The maximum atomic E-state index is 14.1. The monoisotopic (exact) mass is 680 g/mol. The van der Waals surface area contributed by atoms with E-state index in [1.54, 1.807) is 13.3 Å². The van der Waals surface area contributed by atoms with Crippen molar-refractivity contribution in [3.63, 3.8) is 0 Å². The Labute approximate surface area is 281 Å². The van der Waals surface area contributed by atoms with Gasteiger partial charge in [-0.15, -0.1) is 27.8 Å². The van der Waals surface area contributed by atoms with Crippen LogP contribution in [0, 0.1) is 5.82 Å². The van der Waals surface area contributed by atoms with E-state index in [4.69, 9.17) is 19.1 Å². The van der Waals surface area contributed by atoms with Crippen LogP contribution in [0.15, 0.2) is 57.2 Å². The highest BCUT2D eigenvalue weighted by Gasteiger charge is 2.45. The molecule has 0 radical (unpaired) electrons. The molecule has 48 heavy (non-hydrogen) atoms. The van der Waals surface area contributed by atoms with Crippen LogP contribution in [0.5, 0.6) is 5.75 Å². The Balaban J connectivity index is 1.21. The number of fused-ring (bicyclic) bond motifs is 5. The summed E-state index contributed by atoms with van der Waals surface area (Å²) in [5.41, 5.74) is 5.50. The molecular weight excluding hydrogens is 652 g/mol. The van der Waals surface area contributed by atoms with E-state index in [2.05, 4.69) is 27.6 Å². The molecule has 242 valence electrons. The van der Waals surface area contributed by atoms with Gasteiger partial charge in [0.15, 0.2) is 0 Å². The van der Waals surface area contributed by atoms with E-state index in [-0.39, 0.29) is 29.7 Å². The number of H-pyrrole nitrogens is 1. The minimum atomic E-state index is -0.699. The van der Waals surface area contributed by atoms with Gasteiger partial charge < -0.3 is 19.4 Å². The number of aromatic nitrogens is 4. The maximum absolute atomic E-state index is 14.1. The molecule has 2 atom stereocenters. The van der Waals surface area contributed by atoms with Crippen molar-refractivity contribution in [2.75, 3.05) is 19.0 Å². The third-order valence-electron chi connectivity index (χ3n) is 9.66. The van der Waals surface area contributed by atoms with Crippen LogP contribution < -0.4 is 15.8 Å². The van der Waals surface area contributed by atoms with Crippen LogP contribution in [-0.4, -0.2) is 44.6 Å². The summed E-state index contributed by atoms with van der Waals surface area (Å²) in [4.78, 5) is 39.9. The number of halogens is 1. The summed E-state index contributed by atoms with van der Waals surface area (Å²) < 4.78 is 26.1. The van der Waals surface area contributed by atoms with Gasteiger partial charge in [-0.05, 0) is 79.3 Å². The molecular formula is C35H29FN6O4S2. The van der Waals surface area contributed by atoms with E-state index < -0.39 is 5.76 Å². The first-order valence-corrected chi connectivity index (χ1v) is 17.6. The molecule has 0 bridgehead atoms. The number of nitrogens with one attached hydrogen (secondary N) is 2. The van der Waals surface area contributed by atoms with Crippen LogP contribution in [-0.2, 0) is 19.3 Å². The van der Waals surface area contributed by atoms with Gasteiger partial charge in [-0.3, -0.25) is 9.78 Å². The fraction of sp³-hybridized carbons (Fsp3) is 0.286. The van der Waals surface area contributed by atoms with Crippen LogP contribution in [0.2, 0.25) is 0 Å². The number of anilines is 1. The average molecular weight is 681 g/mol. The molecule has 1 aromatic carbocycles. The number of pyridine rings is 2. The zero-order valence-corrected chi connectivity index (χ0v) is 27.5. The molecule has 0 spiro atoms. The van der Waals surface area contributed by atoms with Crippen molar-refractivity contribution in [1.82, 2.24) is 25.1 Å². The van der Waals surface area contributed by atoms with E-state index in [1.165, 1.54) is 45.2 Å². The molecule has 3 aliphatic rings. The number of methoxy groups -OCH3 is 1. The topological polar surface area (TPSA) is 126 Å². The van der Waals surface area contributed by atoms with Crippen LogP contribution in [0.3, 0.4) is 0 Å². The van der Waals surface area contributed by atoms with Gasteiger partial charge in [-0.1, -0.05) is 12.1 Å². The molecule has 0 saturated carbocycles. The number of nitrogens with zero attached hydrogens (tertiary/aromatic N) is 4. The molecule has 2 aliphatic heterocycles. The highest BCUT2D eigenvalue weighted by atomic mass is 32.1. The summed E-state index contributed by atoms with van der Waals surface area (Å²) in [7, 11) is 1.70. The quantitative estimate of drug-likeness (QED) is 0.175. The van der Waals surface area contributed by atoms with Crippen molar-refractivity contribution >= 4 is 44.5 Å². The van der Waals surface area contributed by atoms with Gasteiger partial charge in [0.05, 0.1) is 46.4 Å². The number of amides is 1. The number of hydrogen-bond acceptors (Lipinski definition) is 10. The highest BCUT2D eigenvalue weighted by Crippen LogP contribution is 2.50. The predicted octanol–water partition coefficient (Wildman–Crippen LogP) is 7.09. The zero-order valence-electron chi connectivity index (χ0n) is 25.8. The number of hydrogen-bond donors (Lipinski definition) is 2. The largest absolute Gasteiger partial charge is 0.496 e. The van der Waals surface area contributed by atoms with Crippen LogP contribution in [0.4, 0.5) is 10.2 Å². The van der Waals surface area contributed by atoms with Gasteiger partial charge in [0, 0.05) is 33.4 Å². The lowest BCUT2D eigenvalue weighted by molar-refractivity contribution is 0.0776. The van der Waals surface area contributed by atoms with Crippen LogP contribution in [0.1, 0.15) is 69.1 Å². The average Bonchev–Trinajstić information content (AvgIpc) is 3.94. The summed E-state index contributed by atoms with van der Waals surface area (Å²) >= 11 is 2.89. The smallest absolute Gasteiger partial charge is 0.434 e. The van der Waals surface area contributed by atoms with E-state index in [0.717, 1.165) is 62.8 Å². The number of aromatic amines is 1. The van der Waals surface area contributed by atoms with Gasteiger partial charge in [-0.2, -0.15) is 0 Å². The molecule has 6 aromatic rings. The number of rotatable bonds is 8. The molecule has 7 heterocycles. The van der Waals surface area contributed by atoms with Gasteiger partial charge in [0.1, 0.15) is 17.4 Å². The Morgan fingerprint density at radius 2 is 2.06 bits per heavy atom. The fourth-order valence-corrected chi connectivity index (χ4v) is 9.49. The number of thiophene rings is 2. The maximum Gasteiger partial charge on any atom is 0.434 e. The van der Waals surface area contributed by atoms with Crippen molar-refractivity contribution in [1.29, 1.82) is 0 Å². The fourth-order valence-electron chi connectivity index (χ4n) is 7.59. The lowest BCUT2D eigenvalue weighted by Gasteiger charge is -2.16. The molecule has 9 rings (SSSR count). The van der Waals surface area contributed by atoms with Crippen molar-refractivity contribution in [2.45, 2.75) is 50.6 Å². The molecule has 1 amide bonds. The van der Waals surface area contributed by atoms with Gasteiger partial charge >= 0.3 is 5.76 Å². The number of carbonyl (C=O) groups is 1. The molecule has 0 unspecified atom stereocenters. The standard InChI is InChI=1S/C35H29FN6O4S2/c1-45-25-6-2-4-20-21(25)8-10-22(20)39-32-31-17(11-12-37-32)14-26(48-31)28-27(33-40-41-35(44)46-33)23(9-7-19-15-18(36)16-47-19)38-30-24-5-3-13-42(24)34(43)29(28)30/h2,4,6,11-12,14-16,22,24H,3,5,7-10,13H2,1H3,(H,37,39)(H,41,44)/t22-,24+/m1/s1. The lowest BCUT2D eigenvalue weighted by Crippen LogP contribution is -2.22. The van der Waals surface area contributed by atoms with E-state index in [1.807, 2.05) is 23.1 Å². The predicted molar refractivity (Wildman–Crippen MR) is 181 cm³/mol. The number of benzene rings is 1. The van der Waals surface area contributed by atoms with Gasteiger partial charge in [-0.25, -0.2) is 19.3 Å². The molecule has 5 aromatic heterocycles. The second-order valence-corrected chi connectivity index (χ2v) is 14.4. The van der Waals surface area contributed by atoms with Crippen molar-refractivity contribution in [2.24, 2.45) is 0 Å². The Morgan fingerprint density at radius 3 is 2.88 bits per heavy atom. The lowest BCUT2D eigenvalue weighted by atomic mass is 9.93.